The lowest BCUT2D eigenvalue weighted by Gasteiger charge is -2.24. The fraction of sp³-hybridized carbons (Fsp3) is 0.222. The number of fused-ring (bicyclic) bond motifs is 1. The Bertz CT molecular complexity index is 904. The molecule has 0 amide bonds. The number of thiophene rings is 1. The molecule has 1 atom stereocenters. The molecule has 0 aliphatic carbocycles. The van der Waals surface area contributed by atoms with Crippen molar-refractivity contribution in [3.63, 3.8) is 0 Å². The first-order valence-corrected chi connectivity index (χ1v) is 9.35. The molecule has 128 valence electrons. The van der Waals surface area contributed by atoms with Crippen molar-refractivity contribution in [3.05, 3.63) is 69.1 Å². The van der Waals surface area contributed by atoms with Gasteiger partial charge in [0.05, 0.1) is 10.6 Å². The molecule has 1 unspecified atom stereocenters. The van der Waals surface area contributed by atoms with Gasteiger partial charge in [0, 0.05) is 18.1 Å². The standard InChI is InChI=1S/C18H17ClN4OS/c19-13-6-2-1-5-12(13)15-11-14(16-7-4-10-25-16)20-18-21-17(8-3-9-24)22-23(15)18/h1-2,4-7,10-11,15,24H,3,8-9H2,(H,20,21,22). The van der Waals surface area contributed by atoms with Crippen LogP contribution >= 0.6 is 22.9 Å². The molecule has 2 N–H and O–H groups in total. The van der Waals surface area contributed by atoms with Crippen molar-refractivity contribution >= 4 is 34.6 Å². The molecule has 1 aromatic carbocycles. The van der Waals surface area contributed by atoms with E-state index in [1.165, 1.54) is 0 Å². The van der Waals surface area contributed by atoms with Crippen LogP contribution in [-0.2, 0) is 6.42 Å². The van der Waals surface area contributed by atoms with E-state index in [1.807, 2.05) is 40.4 Å². The number of hydrogen-bond acceptors (Lipinski definition) is 5. The summed E-state index contributed by atoms with van der Waals surface area (Å²) in [5.74, 6) is 1.41. The minimum absolute atomic E-state index is 0.127. The molecule has 1 aliphatic heterocycles. The summed E-state index contributed by atoms with van der Waals surface area (Å²) in [7, 11) is 0. The predicted molar refractivity (Wildman–Crippen MR) is 101 cm³/mol. The normalized spacial score (nSPS) is 16.2. The number of aliphatic hydroxyl groups is 1. The van der Waals surface area contributed by atoms with E-state index in [4.69, 9.17) is 16.7 Å². The number of aromatic nitrogens is 3. The van der Waals surface area contributed by atoms with Crippen molar-refractivity contribution in [1.29, 1.82) is 0 Å². The highest BCUT2D eigenvalue weighted by molar-refractivity contribution is 7.11. The average Bonchev–Trinajstić information content (AvgIpc) is 3.29. The Morgan fingerprint density at radius 2 is 2.12 bits per heavy atom. The van der Waals surface area contributed by atoms with Crippen molar-refractivity contribution in [3.8, 4) is 0 Å². The van der Waals surface area contributed by atoms with Gasteiger partial charge in [-0.3, -0.25) is 0 Å². The third kappa shape index (κ3) is 3.20. The SMILES string of the molecule is OCCCc1nc2n(n1)C(c1ccccc1Cl)C=C(c1cccs1)N2. The highest BCUT2D eigenvalue weighted by Gasteiger charge is 2.26. The Morgan fingerprint density at radius 1 is 1.24 bits per heavy atom. The van der Waals surface area contributed by atoms with Crippen LogP contribution in [-0.4, -0.2) is 26.5 Å². The third-order valence-corrected chi connectivity index (χ3v) is 5.33. The summed E-state index contributed by atoms with van der Waals surface area (Å²) >= 11 is 8.12. The average molecular weight is 373 g/mol. The molecule has 0 radical (unpaired) electrons. The Hall–Kier alpha value is -2.15. The van der Waals surface area contributed by atoms with Gasteiger partial charge >= 0.3 is 0 Å². The summed E-state index contributed by atoms with van der Waals surface area (Å²) < 4.78 is 1.87. The van der Waals surface area contributed by atoms with Crippen molar-refractivity contribution < 1.29 is 5.11 Å². The van der Waals surface area contributed by atoms with E-state index >= 15 is 0 Å². The highest BCUT2D eigenvalue weighted by atomic mass is 35.5. The van der Waals surface area contributed by atoms with Crippen LogP contribution in [0.4, 0.5) is 5.95 Å². The zero-order valence-electron chi connectivity index (χ0n) is 13.4. The zero-order valence-corrected chi connectivity index (χ0v) is 15.0. The van der Waals surface area contributed by atoms with Crippen LogP contribution in [0.1, 0.15) is 28.7 Å². The van der Waals surface area contributed by atoms with Crippen LogP contribution in [0, 0.1) is 0 Å². The fourth-order valence-corrected chi connectivity index (χ4v) is 3.85. The first kappa shape index (κ1) is 16.3. The van der Waals surface area contributed by atoms with E-state index in [9.17, 15) is 0 Å². The predicted octanol–water partition coefficient (Wildman–Crippen LogP) is 3.97. The van der Waals surface area contributed by atoms with E-state index in [-0.39, 0.29) is 12.6 Å². The van der Waals surface area contributed by atoms with E-state index in [1.54, 1.807) is 11.3 Å². The number of anilines is 1. The molecular formula is C18H17ClN4OS. The number of aryl methyl sites for hydroxylation is 1. The molecule has 25 heavy (non-hydrogen) atoms. The number of benzene rings is 1. The number of halogens is 1. The Balaban J connectivity index is 1.79. The van der Waals surface area contributed by atoms with Gasteiger partial charge < -0.3 is 10.4 Å². The van der Waals surface area contributed by atoms with Crippen LogP contribution in [0.25, 0.3) is 5.70 Å². The zero-order chi connectivity index (χ0) is 17.2. The molecule has 3 aromatic rings. The van der Waals surface area contributed by atoms with E-state index in [2.05, 4.69) is 27.5 Å². The Labute approximate surface area is 154 Å². The summed E-state index contributed by atoms with van der Waals surface area (Å²) in [5, 5.41) is 19.8. The molecule has 0 spiro atoms. The monoisotopic (exact) mass is 372 g/mol. The molecule has 7 heteroatoms. The second-order valence-corrected chi connectivity index (χ2v) is 7.13. The summed E-state index contributed by atoms with van der Waals surface area (Å²) in [5.41, 5.74) is 1.99. The maximum atomic E-state index is 9.06. The van der Waals surface area contributed by atoms with Crippen molar-refractivity contribution in [2.75, 3.05) is 11.9 Å². The molecule has 5 nitrogen and oxygen atoms in total. The molecule has 4 rings (SSSR count). The van der Waals surface area contributed by atoms with Crippen LogP contribution in [0.2, 0.25) is 5.02 Å². The largest absolute Gasteiger partial charge is 0.396 e. The summed E-state index contributed by atoms with van der Waals surface area (Å²) in [6.45, 7) is 0.129. The number of aliphatic hydroxyl groups excluding tert-OH is 1. The molecular weight excluding hydrogens is 356 g/mol. The number of nitrogens with zero attached hydrogens (tertiary/aromatic N) is 3. The lowest BCUT2D eigenvalue weighted by atomic mass is 10.0. The van der Waals surface area contributed by atoms with Gasteiger partial charge in [0.2, 0.25) is 5.95 Å². The van der Waals surface area contributed by atoms with Crippen molar-refractivity contribution in [2.45, 2.75) is 18.9 Å². The summed E-state index contributed by atoms with van der Waals surface area (Å²) in [4.78, 5) is 5.75. The Kier molecular flexibility index (Phi) is 4.57. The summed E-state index contributed by atoms with van der Waals surface area (Å²) in [6, 6.07) is 11.8. The second kappa shape index (κ2) is 7.00. The third-order valence-electron chi connectivity index (χ3n) is 4.08. The maximum Gasteiger partial charge on any atom is 0.226 e. The van der Waals surface area contributed by atoms with Gasteiger partial charge in [-0.1, -0.05) is 35.9 Å². The number of rotatable bonds is 5. The molecule has 1 aliphatic rings. The van der Waals surface area contributed by atoms with E-state index < -0.39 is 0 Å². The quantitative estimate of drug-likeness (QED) is 0.711. The molecule has 0 bridgehead atoms. The van der Waals surface area contributed by atoms with Crippen LogP contribution < -0.4 is 5.32 Å². The first-order chi connectivity index (χ1) is 12.3. The summed E-state index contributed by atoms with van der Waals surface area (Å²) in [6.07, 6.45) is 3.41. The topological polar surface area (TPSA) is 63.0 Å². The van der Waals surface area contributed by atoms with Crippen LogP contribution in [0.15, 0.2) is 47.9 Å². The number of allylic oxidation sites excluding steroid dienone is 1. The number of nitrogens with one attached hydrogen (secondary N) is 1. The van der Waals surface area contributed by atoms with Gasteiger partial charge in [-0.05, 0) is 35.6 Å². The van der Waals surface area contributed by atoms with Gasteiger partial charge in [-0.2, -0.15) is 10.1 Å². The van der Waals surface area contributed by atoms with Gasteiger partial charge in [0.15, 0.2) is 5.82 Å². The van der Waals surface area contributed by atoms with Gasteiger partial charge in [0.25, 0.3) is 0 Å². The van der Waals surface area contributed by atoms with Gasteiger partial charge in [0.1, 0.15) is 6.04 Å². The molecule has 3 heterocycles. The minimum Gasteiger partial charge on any atom is -0.396 e. The van der Waals surface area contributed by atoms with Gasteiger partial charge in [-0.15, -0.1) is 11.3 Å². The second-order valence-electron chi connectivity index (χ2n) is 5.77. The van der Waals surface area contributed by atoms with Gasteiger partial charge in [-0.25, -0.2) is 4.68 Å². The first-order valence-electron chi connectivity index (χ1n) is 8.09. The van der Waals surface area contributed by atoms with E-state index in [0.29, 0.717) is 23.8 Å². The highest BCUT2D eigenvalue weighted by Crippen LogP contribution is 2.36. The molecule has 0 fully saturated rings. The minimum atomic E-state index is -0.127. The molecule has 0 saturated carbocycles. The molecule has 0 saturated heterocycles. The van der Waals surface area contributed by atoms with E-state index in [0.717, 1.165) is 22.0 Å². The molecule has 2 aromatic heterocycles. The number of hydrogen-bond donors (Lipinski definition) is 2. The Morgan fingerprint density at radius 3 is 2.88 bits per heavy atom. The lowest BCUT2D eigenvalue weighted by Crippen LogP contribution is -2.20. The smallest absolute Gasteiger partial charge is 0.226 e. The fourth-order valence-electron chi connectivity index (χ4n) is 2.89. The van der Waals surface area contributed by atoms with Crippen molar-refractivity contribution in [2.24, 2.45) is 0 Å². The van der Waals surface area contributed by atoms with Crippen LogP contribution in [0.3, 0.4) is 0 Å². The van der Waals surface area contributed by atoms with Crippen LogP contribution in [0.5, 0.6) is 0 Å². The lowest BCUT2D eigenvalue weighted by molar-refractivity contribution is 0.287. The maximum absolute atomic E-state index is 9.06. The van der Waals surface area contributed by atoms with Crippen molar-refractivity contribution in [1.82, 2.24) is 14.8 Å².